The second-order valence-electron chi connectivity index (χ2n) is 6.45. The van der Waals surface area contributed by atoms with Gasteiger partial charge in [-0.05, 0) is 19.4 Å². The third kappa shape index (κ3) is 4.66. The Balaban J connectivity index is 2.57. The maximum absolute atomic E-state index is 12.7. The molecule has 1 aromatic rings. The van der Waals surface area contributed by atoms with Crippen molar-refractivity contribution in [3.05, 3.63) is 61.3 Å². The largest absolute Gasteiger partial charge is 0.468 e. The van der Waals surface area contributed by atoms with Gasteiger partial charge in [0.05, 0.1) is 22.5 Å². The SMILES string of the molecule is COC(=O)C1C(C)=NC(C)=C(C(=O)OCC(O)[N+](=O)[O-])C1c1cccc([N+](=O)[O-])c1. The van der Waals surface area contributed by atoms with E-state index in [1.807, 2.05) is 0 Å². The first-order chi connectivity index (χ1) is 14.1. The van der Waals surface area contributed by atoms with Crippen LogP contribution in [0.3, 0.4) is 0 Å². The quantitative estimate of drug-likeness (QED) is 0.295. The summed E-state index contributed by atoms with van der Waals surface area (Å²) in [5.41, 5.74) is 0.370. The molecule has 0 spiro atoms. The molecule has 30 heavy (non-hydrogen) atoms. The minimum Gasteiger partial charge on any atom is -0.468 e. The molecule has 1 heterocycles. The zero-order chi connectivity index (χ0) is 22.6. The molecule has 12 nitrogen and oxygen atoms in total. The number of hydrogen-bond acceptors (Lipinski definition) is 10. The molecule has 1 aromatic carbocycles. The monoisotopic (exact) mass is 421 g/mol. The van der Waals surface area contributed by atoms with E-state index in [0.29, 0.717) is 5.71 Å². The van der Waals surface area contributed by atoms with Gasteiger partial charge in [0.15, 0.2) is 6.61 Å². The molecule has 0 radical (unpaired) electrons. The van der Waals surface area contributed by atoms with Crippen molar-refractivity contribution in [2.24, 2.45) is 10.9 Å². The summed E-state index contributed by atoms with van der Waals surface area (Å²) >= 11 is 0. The summed E-state index contributed by atoms with van der Waals surface area (Å²) in [5, 5.41) is 31.0. The van der Waals surface area contributed by atoms with Gasteiger partial charge in [-0.1, -0.05) is 12.1 Å². The second kappa shape index (κ2) is 9.22. The zero-order valence-corrected chi connectivity index (χ0v) is 16.3. The first-order valence-electron chi connectivity index (χ1n) is 8.65. The number of hydrogen-bond donors (Lipinski definition) is 1. The van der Waals surface area contributed by atoms with Crippen LogP contribution >= 0.6 is 0 Å². The molecule has 0 saturated heterocycles. The lowest BCUT2D eigenvalue weighted by Crippen LogP contribution is -2.37. The lowest BCUT2D eigenvalue weighted by atomic mass is 9.75. The molecule has 0 amide bonds. The Hall–Kier alpha value is -3.67. The van der Waals surface area contributed by atoms with Crippen molar-refractivity contribution in [3.63, 3.8) is 0 Å². The van der Waals surface area contributed by atoms with E-state index in [4.69, 9.17) is 9.47 Å². The predicted molar refractivity (Wildman–Crippen MR) is 101 cm³/mol. The van der Waals surface area contributed by atoms with E-state index in [-0.39, 0.29) is 22.5 Å². The first-order valence-corrected chi connectivity index (χ1v) is 8.65. The molecular weight excluding hydrogens is 402 g/mol. The average Bonchev–Trinajstić information content (AvgIpc) is 2.70. The van der Waals surface area contributed by atoms with Crippen LogP contribution in [0.5, 0.6) is 0 Å². The number of aliphatic imine (C=N–C) groups is 1. The van der Waals surface area contributed by atoms with E-state index in [0.717, 1.165) is 7.11 Å². The highest BCUT2D eigenvalue weighted by molar-refractivity contribution is 6.07. The number of nitro groups is 2. The summed E-state index contributed by atoms with van der Waals surface area (Å²) in [6.07, 6.45) is -2.13. The molecule has 0 fully saturated rings. The highest BCUT2D eigenvalue weighted by atomic mass is 16.7. The van der Waals surface area contributed by atoms with Crippen LogP contribution in [0.15, 0.2) is 40.5 Å². The Morgan fingerprint density at radius 3 is 2.50 bits per heavy atom. The van der Waals surface area contributed by atoms with Gasteiger partial charge in [0.2, 0.25) is 0 Å². The van der Waals surface area contributed by atoms with Gasteiger partial charge in [0.1, 0.15) is 5.92 Å². The fourth-order valence-corrected chi connectivity index (χ4v) is 3.22. The molecule has 1 aliphatic heterocycles. The zero-order valence-electron chi connectivity index (χ0n) is 16.3. The van der Waals surface area contributed by atoms with Crippen LogP contribution in [0.1, 0.15) is 25.3 Å². The van der Waals surface area contributed by atoms with Crippen LogP contribution < -0.4 is 0 Å². The molecule has 2 rings (SSSR count). The standard InChI is InChI=1S/C18H19N3O9/c1-9-14(17(23)29-3)16(11-5-4-6-12(7-11)20(25)26)15(10(2)19-9)18(24)30-8-13(22)21(27)28/h4-7,13-14,16,22H,8H2,1-3H3. The third-order valence-electron chi connectivity index (χ3n) is 4.55. The minimum atomic E-state index is -2.13. The number of aliphatic hydroxyl groups excluding tert-OH is 1. The second-order valence-corrected chi connectivity index (χ2v) is 6.45. The first kappa shape index (κ1) is 22.6. The number of ether oxygens (including phenoxy) is 2. The Labute approximate surface area is 170 Å². The van der Waals surface area contributed by atoms with Crippen LogP contribution in [0.4, 0.5) is 5.69 Å². The van der Waals surface area contributed by atoms with Gasteiger partial charge in [-0.15, -0.1) is 0 Å². The highest BCUT2D eigenvalue weighted by Crippen LogP contribution is 2.40. The molecule has 0 bridgehead atoms. The van der Waals surface area contributed by atoms with Crippen molar-refractivity contribution in [1.82, 2.24) is 0 Å². The predicted octanol–water partition coefficient (Wildman–Crippen LogP) is 1.35. The van der Waals surface area contributed by atoms with Crippen molar-refractivity contribution in [2.45, 2.75) is 26.0 Å². The van der Waals surface area contributed by atoms with Gasteiger partial charge in [-0.25, -0.2) is 4.79 Å². The lowest BCUT2D eigenvalue weighted by molar-refractivity contribution is -0.572. The highest BCUT2D eigenvalue weighted by Gasteiger charge is 2.42. The summed E-state index contributed by atoms with van der Waals surface area (Å²) in [4.78, 5) is 49.5. The van der Waals surface area contributed by atoms with Crippen molar-refractivity contribution in [1.29, 1.82) is 0 Å². The molecule has 1 aliphatic rings. The number of nitrogens with zero attached hydrogens (tertiary/aromatic N) is 3. The fraction of sp³-hybridized carbons (Fsp3) is 0.389. The fourth-order valence-electron chi connectivity index (χ4n) is 3.22. The van der Waals surface area contributed by atoms with Crippen LogP contribution in [-0.2, 0) is 19.1 Å². The molecule has 3 atom stereocenters. The van der Waals surface area contributed by atoms with Gasteiger partial charge < -0.3 is 14.6 Å². The topological polar surface area (TPSA) is 171 Å². The van der Waals surface area contributed by atoms with E-state index in [1.165, 1.54) is 31.2 Å². The number of methoxy groups -OCH3 is 1. The van der Waals surface area contributed by atoms with Gasteiger partial charge in [0, 0.05) is 29.5 Å². The van der Waals surface area contributed by atoms with E-state index in [1.54, 1.807) is 6.92 Å². The van der Waals surface area contributed by atoms with Gasteiger partial charge in [-0.3, -0.25) is 30.0 Å². The van der Waals surface area contributed by atoms with E-state index < -0.39 is 46.5 Å². The van der Waals surface area contributed by atoms with Crippen LogP contribution in [-0.4, -0.2) is 52.5 Å². The van der Waals surface area contributed by atoms with E-state index in [9.17, 15) is 34.9 Å². The number of allylic oxidation sites excluding steroid dienone is 1. The number of esters is 2. The number of carbonyl (C=O) groups is 2. The Bertz CT molecular complexity index is 954. The molecule has 0 saturated carbocycles. The van der Waals surface area contributed by atoms with Gasteiger partial charge in [-0.2, -0.15) is 0 Å². The third-order valence-corrected chi connectivity index (χ3v) is 4.55. The number of carbonyl (C=O) groups excluding carboxylic acids is 2. The summed E-state index contributed by atoms with van der Waals surface area (Å²) in [7, 11) is 1.15. The maximum atomic E-state index is 12.7. The summed E-state index contributed by atoms with van der Waals surface area (Å²) in [6.45, 7) is 2.10. The molecule has 160 valence electrons. The molecular formula is C18H19N3O9. The van der Waals surface area contributed by atoms with Crippen molar-refractivity contribution < 1.29 is 34.0 Å². The maximum Gasteiger partial charge on any atom is 0.347 e. The van der Waals surface area contributed by atoms with Crippen molar-refractivity contribution in [3.8, 4) is 0 Å². The molecule has 0 aromatic heterocycles. The van der Waals surface area contributed by atoms with Crippen LogP contribution in [0.25, 0.3) is 0 Å². The number of nitro benzene ring substituents is 1. The normalized spacial score (nSPS) is 19.5. The molecule has 12 heteroatoms. The van der Waals surface area contributed by atoms with E-state index >= 15 is 0 Å². The number of non-ortho nitro benzene ring substituents is 1. The summed E-state index contributed by atoms with van der Waals surface area (Å²) in [5.74, 6) is -3.90. The van der Waals surface area contributed by atoms with Crippen molar-refractivity contribution in [2.75, 3.05) is 13.7 Å². The molecule has 0 aliphatic carbocycles. The van der Waals surface area contributed by atoms with Gasteiger partial charge >= 0.3 is 18.2 Å². The number of benzene rings is 1. The molecule has 3 unspecified atom stereocenters. The lowest BCUT2D eigenvalue weighted by Gasteiger charge is -2.31. The van der Waals surface area contributed by atoms with E-state index in [2.05, 4.69) is 4.99 Å². The van der Waals surface area contributed by atoms with Gasteiger partial charge in [0.25, 0.3) is 5.69 Å². The number of rotatable bonds is 7. The smallest absolute Gasteiger partial charge is 0.347 e. The van der Waals surface area contributed by atoms with Crippen LogP contribution in [0.2, 0.25) is 0 Å². The minimum absolute atomic E-state index is 0.118. The molecule has 1 N–H and O–H groups in total. The number of aliphatic hydroxyl groups is 1. The summed E-state index contributed by atoms with van der Waals surface area (Å²) < 4.78 is 9.68. The summed E-state index contributed by atoms with van der Waals surface area (Å²) in [6, 6.07) is 5.37. The Morgan fingerprint density at radius 1 is 1.27 bits per heavy atom. The Kier molecular flexibility index (Phi) is 6.95. The Morgan fingerprint density at radius 2 is 1.93 bits per heavy atom. The van der Waals surface area contributed by atoms with Crippen LogP contribution in [0, 0.1) is 26.1 Å². The van der Waals surface area contributed by atoms with Crippen molar-refractivity contribution >= 4 is 23.3 Å². The average molecular weight is 421 g/mol.